The Bertz CT molecular complexity index is 834. The van der Waals surface area contributed by atoms with Crippen LogP contribution in [0.25, 0.3) is 0 Å². The van der Waals surface area contributed by atoms with E-state index in [0.29, 0.717) is 6.04 Å². The van der Waals surface area contributed by atoms with Gasteiger partial charge >= 0.3 is 0 Å². The molecule has 1 saturated heterocycles. The molecule has 168 valence electrons. The number of carbonyl (C=O) groups is 1. The highest BCUT2D eigenvalue weighted by Gasteiger charge is 2.24. The Balaban J connectivity index is 0.00000341. The molecule has 0 unspecified atom stereocenters. The van der Waals surface area contributed by atoms with Gasteiger partial charge in [0.1, 0.15) is 0 Å². The summed E-state index contributed by atoms with van der Waals surface area (Å²) in [7, 11) is 1.80. The Hall–Kier alpha value is -1.74. The number of amides is 1. The van der Waals surface area contributed by atoms with Crippen LogP contribution in [0.15, 0.2) is 69.4 Å². The molecular weight excluding hydrogens is 519 g/mol. The van der Waals surface area contributed by atoms with Crippen molar-refractivity contribution in [1.82, 2.24) is 15.5 Å². The molecule has 2 N–H and O–H groups in total. The average molecular weight is 553 g/mol. The van der Waals surface area contributed by atoms with Crippen LogP contribution in [0, 0.1) is 5.92 Å². The van der Waals surface area contributed by atoms with Gasteiger partial charge in [0.25, 0.3) is 0 Å². The lowest BCUT2D eigenvalue weighted by atomic mass is 10.0. The zero-order chi connectivity index (χ0) is 21.3. The van der Waals surface area contributed by atoms with Crippen LogP contribution in [0.1, 0.15) is 32.3 Å². The number of carbonyl (C=O) groups excluding carboxylic acids is 1. The van der Waals surface area contributed by atoms with E-state index in [0.717, 1.165) is 38.4 Å². The maximum Gasteiger partial charge on any atom is 0.225 e. The molecule has 1 aliphatic rings. The molecule has 2 aromatic carbocycles. The summed E-state index contributed by atoms with van der Waals surface area (Å²) in [5.41, 5.74) is 1.22. The molecule has 1 heterocycles. The summed E-state index contributed by atoms with van der Waals surface area (Å²) in [5, 5.41) is 6.91. The Kier molecular flexibility index (Phi) is 10.7. The molecule has 1 amide bonds. The molecule has 2 aromatic rings. The first-order chi connectivity index (χ1) is 14.5. The van der Waals surface area contributed by atoms with Gasteiger partial charge in [-0.05, 0) is 42.7 Å². The number of likely N-dealkylation sites (tertiary alicyclic amines) is 1. The zero-order valence-corrected chi connectivity index (χ0v) is 21.7. The van der Waals surface area contributed by atoms with E-state index in [1.165, 1.54) is 15.4 Å². The SMILES string of the molecule is CN=C(NCc1ccc(Sc2ccccc2)cc1)NC1CCN(C(=O)C(C)C)CC1.I. The molecule has 0 spiro atoms. The third-order valence-electron chi connectivity index (χ3n) is 5.23. The monoisotopic (exact) mass is 552 g/mol. The van der Waals surface area contributed by atoms with Gasteiger partial charge in [0.2, 0.25) is 5.91 Å². The lowest BCUT2D eigenvalue weighted by Gasteiger charge is -2.34. The first-order valence-electron chi connectivity index (χ1n) is 10.6. The second-order valence-corrected chi connectivity index (χ2v) is 9.03. The summed E-state index contributed by atoms with van der Waals surface area (Å²) in [5.74, 6) is 1.14. The van der Waals surface area contributed by atoms with E-state index in [9.17, 15) is 4.79 Å². The largest absolute Gasteiger partial charge is 0.354 e. The van der Waals surface area contributed by atoms with Crippen LogP contribution >= 0.6 is 35.7 Å². The van der Waals surface area contributed by atoms with Crippen molar-refractivity contribution in [2.45, 2.75) is 49.1 Å². The lowest BCUT2D eigenvalue weighted by Crippen LogP contribution is -2.50. The third kappa shape index (κ3) is 8.03. The highest BCUT2D eigenvalue weighted by molar-refractivity contribution is 14.0. The van der Waals surface area contributed by atoms with Crippen molar-refractivity contribution in [1.29, 1.82) is 0 Å². The van der Waals surface area contributed by atoms with E-state index in [2.05, 4.69) is 64.2 Å². The molecule has 3 rings (SSSR count). The van der Waals surface area contributed by atoms with Crippen molar-refractivity contribution in [3.05, 3.63) is 60.2 Å². The van der Waals surface area contributed by atoms with Crippen molar-refractivity contribution >= 4 is 47.6 Å². The van der Waals surface area contributed by atoms with Gasteiger partial charge in [0.05, 0.1) is 0 Å². The Labute approximate surface area is 207 Å². The van der Waals surface area contributed by atoms with Gasteiger partial charge in [-0.25, -0.2) is 0 Å². The minimum absolute atomic E-state index is 0. The van der Waals surface area contributed by atoms with Gasteiger partial charge in [-0.15, -0.1) is 24.0 Å². The molecule has 5 nitrogen and oxygen atoms in total. The first-order valence-corrected chi connectivity index (χ1v) is 11.4. The second-order valence-electron chi connectivity index (χ2n) is 7.88. The van der Waals surface area contributed by atoms with Gasteiger partial charge < -0.3 is 15.5 Å². The van der Waals surface area contributed by atoms with Crippen molar-refractivity contribution in [2.24, 2.45) is 10.9 Å². The second kappa shape index (κ2) is 13.0. The predicted octanol–water partition coefficient (Wildman–Crippen LogP) is 4.77. The third-order valence-corrected chi connectivity index (χ3v) is 6.24. The van der Waals surface area contributed by atoms with Crippen LogP contribution in [0.5, 0.6) is 0 Å². The number of hydrogen-bond donors (Lipinski definition) is 2. The minimum Gasteiger partial charge on any atom is -0.354 e. The maximum absolute atomic E-state index is 12.1. The average Bonchev–Trinajstić information content (AvgIpc) is 2.78. The molecule has 0 radical (unpaired) electrons. The fourth-order valence-corrected chi connectivity index (χ4v) is 4.32. The standard InChI is InChI=1S/C24H32N4OS.HI/c1-18(2)23(29)28-15-13-20(14-16-28)27-24(25-3)26-17-19-9-11-22(12-10-19)30-21-7-5-4-6-8-21;/h4-12,18,20H,13-17H2,1-3H3,(H2,25,26,27);1H. The number of hydrogen-bond acceptors (Lipinski definition) is 3. The summed E-state index contributed by atoms with van der Waals surface area (Å²) >= 11 is 1.77. The summed E-state index contributed by atoms with van der Waals surface area (Å²) < 4.78 is 0. The highest BCUT2D eigenvalue weighted by Crippen LogP contribution is 2.27. The molecule has 0 aromatic heterocycles. The number of rotatable bonds is 6. The van der Waals surface area contributed by atoms with Gasteiger partial charge in [0.15, 0.2) is 5.96 Å². The minimum atomic E-state index is 0. The number of nitrogens with one attached hydrogen (secondary N) is 2. The van der Waals surface area contributed by atoms with Crippen molar-refractivity contribution < 1.29 is 4.79 Å². The maximum atomic E-state index is 12.1. The van der Waals surface area contributed by atoms with E-state index in [4.69, 9.17) is 0 Å². The summed E-state index contributed by atoms with van der Waals surface area (Å²) in [6, 6.07) is 19.4. The van der Waals surface area contributed by atoms with E-state index in [1.54, 1.807) is 18.8 Å². The van der Waals surface area contributed by atoms with Crippen LogP contribution in [0.3, 0.4) is 0 Å². The lowest BCUT2D eigenvalue weighted by molar-refractivity contribution is -0.135. The van der Waals surface area contributed by atoms with E-state index >= 15 is 0 Å². The molecule has 0 aliphatic carbocycles. The van der Waals surface area contributed by atoms with Gasteiger partial charge in [-0.3, -0.25) is 9.79 Å². The number of guanidine groups is 1. The number of piperidine rings is 1. The quantitative estimate of drug-likeness (QED) is 0.308. The Morgan fingerprint density at radius 2 is 1.68 bits per heavy atom. The van der Waals surface area contributed by atoms with Crippen LogP contribution in [-0.4, -0.2) is 42.9 Å². The van der Waals surface area contributed by atoms with Gasteiger partial charge in [-0.2, -0.15) is 0 Å². The van der Waals surface area contributed by atoms with Crippen molar-refractivity contribution in [3.8, 4) is 0 Å². The van der Waals surface area contributed by atoms with E-state index in [-0.39, 0.29) is 35.8 Å². The fraction of sp³-hybridized carbons (Fsp3) is 0.417. The van der Waals surface area contributed by atoms with Crippen molar-refractivity contribution in [3.63, 3.8) is 0 Å². The molecule has 0 saturated carbocycles. The summed E-state index contributed by atoms with van der Waals surface area (Å²) in [4.78, 5) is 21.0. The van der Waals surface area contributed by atoms with Crippen molar-refractivity contribution in [2.75, 3.05) is 20.1 Å². The molecule has 7 heteroatoms. The molecule has 0 bridgehead atoms. The predicted molar refractivity (Wildman–Crippen MR) is 140 cm³/mol. The van der Waals surface area contributed by atoms with Crippen LogP contribution in [-0.2, 0) is 11.3 Å². The number of halogens is 1. The number of benzene rings is 2. The molecule has 1 aliphatic heterocycles. The molecule has 1 fully saturated rings. The van der Waals surface area contributed by atoms with Gasteiger partial charge in [-0.1, -0.05) is 55.9 Å². The van der Waals surface area contributed by atoms with Crippen LogP contribution in [0.4, 0.5) is 0 Å². The normalized spacial score (nSPS) is 14.8. The number of nitrogens with zero attached hydrogens (tertiary/aromatic N) is 2. The molecule has 0 atom stereocenters. The smallest absolute Gasteiger partial charge is 0.225 e. The fourth-order valence-electron chi connectivity index (χ4n) is 3.48. The number of aliphatic imine (C=N–C) groups is 1. The Morgan fingerprint density at radius 1 is 1.06 bits per heavy atom. The zero-order valence-electron chi connectivity index (χ0n) is 18.5. The highest BCUT2D eigenvalue weighted by atomic mass is 127. The van der Waals surface area contributed by atoms with E-state index < -0.39 is 0 Å². The molecular formula is C24H33IN4OS. The molecule has 31 heavy (non-hydrogen) atoms. The Morgan fingerprint density at radius 3 is 2.26 bits per heavy atom. The summed E-state index contributed by atoms with van der Waals surface area (Å²) in [6.07, 6.45) is 1.90. The van der Waals surface area contributed by atoms with E-state index in [1.807, 2.05) is 24.8 Å². The first kappa shape index (κ1) is 25.5. The topological polar surface area (TPSA) is 56.7 Å². The van der Waals surface area contributed by atoms with Gasteiger partial charge in [0, 0.05) is 48.4 Å². The van der Waals surface area contributed by atoms with Crippen LogP contribution in [0.2, 0.25) is 0 Å². The summed E-state index contributed by atoms with van der Waals surface area (Å²) in [6.45, 7) is 6.27. The van der Waals surface area contributed by atoms with Crippen LogP contribution < -0.4 is 10.6 Å².